The third-order valence-corrected chi connectivity index (χ3v) is 5.00. The van der Waals surface area contributed by atoms with E-state index in [0.29, 0.717) is 18.5 Å². The summed E-state index contributed by atoms with van der Waals surface area (Å²) in [4.78, 5) is 13.3. The maximum absolute atomic E-state index is 12.4. The van der Waals surface area contributed by atoms with E-state index in [4.69, 9.17) is 0 Å². The summed E-state index contributed by atoms with van der Waals surface area (Å²) in [6.07, 6.45) is 4.23. The molecule has 1 fully saturated rings. The van der Waals surface area contributed by atoms with E-state index in [-0.39, 0.29) is 5.78 Å². The average Bonchev–Trinajstić information content (AvgIpc) is 2.82. The second-order valence-corrected chi connectivity index (χ2v) is 6.56. The van der Waals surface area contributed by atoms with Crippen molar-refractivity contribution >= 4 is 27.2 Å². The van der Waals surface area contributed by atoms with E-state index in [0.717, 1.165) is 11.3 Å². The molecular formula is C16H19NOS. The zero-order chi connectivity index (χ0) is 13.2. The number of hydrogen-bond donors (Lipinski definition) is 1. The fraction of sp³-hybridized carbons (Fsp3) is 0.438. The molecule has 0 aliphatic carbocycles. The van der Waals surface area contributed by atoms with Gasteiger partial charge in [0.05, 0.1) is 4.88 Å². The first kappa shape index (κ1) is 12.8. The Kier molecular flexibility index (Phi) is 3.67. The number of thiophene rings is 1. The molecule has 100 valence electrons. The van der Waals surface area contributed by atoms with Crippen molar-refractivity contribution in [3.8, 4) is 0 Å². The number of carbonyl (C=O) groups excluding carboxylic acids is 1. The zero-order valence-corrected chi connectivity index (χ0v) is 12.0. The first-order valence-electron chi connectivity index (χ1n) is 7.00. The summed E-state index contributed by atoms with van der Waals surface area (Å²) in [5, 5.41) is 4.72. The van der Waals surface area contributed by atoms with Crippen LogP contribution in [0.2, 0.25) is 0 Å². The summed E-state index contributed by atoms with van der Waals surface area (Å²) in [5.74, 6) is 0.285. The number of piperidine rings is 1. The number of hydrogen-bond acceptors (Lipinski definition) is 3. The van der Waals surface area contributed by atoms with Crippen LogP contribution < -0.4 is 5.32 Å². The van der Waals surface area contributed by atoms with Gasteiger partial charge < -0.3 is 5.32 Å². The summed E-state index contributed by atoms with van der Waals surface area (Å²) >= 11 is 1.62. The van der Waals surface area contributed by atoms with Gasteiger partial charge in [-0.05, 0) is 37.3 Å². The van der Waals surface area contributed by atoms with Crippen molar-refractivity contribution in [3.63, 3.8) is 0 Å². The molecule has 0 amide bonds. The summed E-state index contributed by atoms with van der Waals surface area (Å²) in [5.41, 5.74) is 0. The van der Waals surface area contributed by atoms with Crippen LogP contribution in [0.3, 0.4) is 0 Å². The first-order chi connectivity index (χ1) is 9.22. The van der Waals surface area contributed by atoms with Crippen molar-refractivity contribution in [1.29, 1.82) is 0 Å². The second kappa shape index (κ2) is 5.43. The van der Waals surface area contributed by atoms with Crippen LogP contribution in [0.5, 0.6) is 0 Å². The van der Waals surface area contributed by atoms with Crippen LogP contribution in [-0.2, 0) is 0 Å². The van der Waals surface area contributed by atoms with Crippen LogP contribution in [0, 0.1) is 0 Å². The lowest BCUT2D eigenvalue weighted by atomic mass is 9.95. The van der Waals surface area contributed by atoms with Crippen molar-refractivity contribution in [3.05, 3.63) is 35.2 Å². The van der Waals surface area contributed by atoms with Gasteiger partial charge in [-0.3, -0.25) is 4.79 Å². The highest BCUT2D eigenvalue weighted by Gasteiger charge is 2.21. The van der Waals surface area contributed by atoms with Gasteiger partial charge in [-0.1, -0.05) is 24.6 Å². The molecule has 0 bridgehead atoms. The molecular weight excluding hydrogens is 254 g/mol. The topological polar surface area (TPSA) is 29.1 Å². The van der Waals surface area contributed by atoms with Gasteiger partial charge in [-0.15, -0.1) is 11.3 Å². The van der Waals surface area contributed by atoms with Crippen LogP contribution in [0.15, 0.2) is 30.3 Å². The Morgan fingerprint density at radius 1 is 1.37 bits per heavy atom. The monoisotopic (exact) mass is 273 g/mol. The summed E-state index contributed by atoms with van der Waals surface area (Å²) in [6.45, 7) is 2.20. The lowest BCUT2D eigenvalue weighted by Gasteiger charge is -2.28. The van der Waals surface area contributed by atoms with E-state index in [9.17, 15) is 4.79 Å². The van der Waals surface area contributed by atoms with Gasteiger partial charge in [-0.2, -0.15) is 0 Å². The lowest BCUT2D eigenvalue weighted by Crippen LogP contribution is -2.41. The molecule has 1 saturated heterocycles. The van der Waals surface area contributed by atoms with E-state index in [1.165, 1.54) is 22.9 Å². The minimum atomic E-state index is 0.285. The van der Waals surface area contributed by atoms with Crippen LogP contribution in [0.4, 0.5) is 0 Å². The van der Waals surface area contributed by atoms with Crippen molar-refractivity contribution in [2.75, 3.05) is 0 Å². The summed E-state index contributed by atoms with van der Waals surface area (Å²) < 4.78 is 1.20. The molecule has 2 unspecified atom stereocenters. The fourth-order valence-electron chi connectivity index (χ4n) is 2.84. The lowest BCUT2D eigenvalue weighted by molar-refractivity contribution is 0.0964. The van der Waals surface area contributed by atoms with Crippen LogP contribution >= 0.6 is 11.3 Å². The molecule has 0 radical (unpaired) electrons. The van der Waals surface area contributed by atoms with E-state index < -0.39 is 0 Å². The number of ketones is 1. The number of carbonyl (C=O) groups is 1. The van der Waals surface area contributed by atoms with Gasteiger partial charge in [0.25, 0.3) is 0 Å². The summed E-state index contributed by atoms with van der Waals surface area (Å²) in [7, 11) is 0. The maximum Gasteiger partial charge on any atom is 0.174 e. The SMILES string of the molecule is CC1CCCC(CC(=O)c2cc3ccccc3s2)N1. The van der Waals surface area contributed by atoms with Gasteiger partial charge >= 0.3 is 0 Å². The van der Waals surface area contributed by atoms with Gasteiger partial charge in [0.1, 0.15) is 0 Å². The van der Waals surface area contributed by atoms with Gasteiger partial charge in [0, 0.05) is 23.2 Å². The van der Waals surface area contributed by atoms with E-state index >= 15 is 0 Å². The summed E-state index contributed by atoms with van der Waals surface area (Å²) in [6, 6.07) is 11.1. The van der Waals surface area contributed by atoms with Crippen LogP contribution in [0.1, 0.15) is 42.3 Å². The number of rotatable bonds is 3. The van der Waals surface area contributed by atoms with E-state index in [1.807, 2.05) is 18.2 Å². The highest BCUT2D eigenvalue weighted by atomic mass is 32.1. The third kappa shape index (κ3) is 2.88. The Bertz CT molecular complexity index is 556. The molecule has 2 atom stereocenters. The second-order valence-electron chi connectivity index (χ2n) is 5.47. The Hall–Kier alpha value is -1.19. The minimum absolute atomic E-state index is 0.285. The molecule has 2 aromatic rings. The predicted octanol–water partition coefficient (Wildman–Crippen LogP) is 4.00. The average molecular weight is 273 g/mol. The van der Waals surface area contributed by atoms with Gasteiger partial charge in [-0.25, -0.2) is 0 Å². The number of Topliss-reactive ketones (excluding diaryl/α,β-unsaturated/α-hetero) is 1. The molecule has 1 aliphatic heterocycles. The van der Waals surface area contributed by atoms with Gasteiger partial charge in [0.15, 0.2) is 5.78 Å². The zero-order valence-electron chi connectivity index (χ0n) is 11.2. The smallest absolute Gasteiger partial charge is 0.174 e. The van der Waals surface area contributed by atoms with Crippen molar-refractivity contribution in [2.45, 2.75) is 44.7 Å². The predicted molar refractivity (Wildman–Crippen MR) is 81.0 cm³/mol. The van der Waals surface area contributed by atoms with Crippen LogP contribution in [0.25, 0.3) is 10.1 Å². The Labute approximate surface area is 117 Å². The van der Waals surface area contributed by atoms with Crippen molar-refractivity contribution in [1.82, 2.24) is 5.32 Å². The number of nitrogens with one attached hydrogen (secondary N) is 1. The molecule has 1 aromatic heterocycles. The highest BCUT2D eigenvalue weighted by Crippen LogP contribution is 2.27. The molecule has 1 aromatic carbocycles. The molecule has 0 saturated carbocycles. The maximum atomic E-state index is 12.4. The molecule has 1 N–H and O–H groups in total. The number of benzene rings is 1. The standard InChI is InChI=1S/C16H19NOS/c1-11-5-4-7-13(17-11)10-14(18)16-9-12-6-2-3-8-15(12)19-16/h2-3,6,8-9,11,13,17H,4-5,7,10H2,1H3. The van der Waals surface area contributed by atoms with Crippen molar-refractivity contribution in [2.24, 2.45) is 0 Å². The molecule has 1 aliphatic rings. The largest absolute Gasteiger partial charge is 0.311 e. The van der Waals surface area contributed by atoms with Gasteiger partial charge in [0.2, 0.25) is 0 Å². The molecule has 19 heavy (non-hydrogen) atoms. The minimum Gasteiger partial charge on any atom is -0.311 e. The van der Waals surface area contributed by atoms with E-state index in [1.54, 1.807) is 11.3 Å². The Morgan fingerprint density at radius 2 is 2.21 bits per heavy atom. The Morgan fingerprint density at radius 3 is 3.00 bits per heavy atom. The Balaban J connectivity index is 1.72. The van der Waals surface area contributed by atoms with Crippen LogP contribution in [-0.4, -0.2) is 17.9 Å². The molecule has 2 nitrogen and oxygen atoms in total. The molecule has 2 heterocycles. The molecule has 3 rings (SSSR count). The number of fused-ring (bicyclic) bond motifs is 1. The quantitative estimate of drug-likeness (QED) is 0.856. The molecule has 0 spiro atoms. The third-order valence-electron chi connectivity index (χ3n) is 3.84. The van der Waals surface area contributed by atoms with E-state index in [2.05, 4.69) is 24.4 Å². The molecule has 3 heteroatoms. The van der Waals surface area contributed by atoms with Crippen molar-refractivity contribution < 1.29 is 4.79 Å². The fourth-order valence-corrected chi connectivity index (χ4v) is 3.86. The normalized spacial score (nSPS) is 23.6. The first-order valence-corrected chi connectivity index (χ1v) is 7.82. The highest BCUT2D eigenvalue weighted by molar-refractivity contribution is 7.20.